The van der Waals surface area contributed by atoms with Crippen molar-refractivity contribution in [3.8, 4) is 0 Å². The summed E-state index contributed by atoms with van der Waals surface area (Å²) in [7, 11) is 0. The van der Waals surface area contributed by atoms with Gasteiger partial charge in [0.05, 0.1) is 22.5 Å². The zero-order valence-corrected chi connectivity index (χ0v) is 14.0. The number of nitrogens with one attached hydrogen (secondary N) is 1. The molecule has 2 heterocycles. The Morgan fingerprint density at radius 2 is 2.17 bits per heavy atom. The van der Waals surface area contributed by atoms with Crippen LogP contribution in [-0.2, 0) is 4.79 Å². The molecule has 120 valence electrons. The molecule has 2 aromatic heterocycles. The summed E-state index contributed by atoms with van der Waals surface area (Å²) < 4.78 is 0. The van der Waals surface area contributed by atoms with E-state index in [1.165, 1.54) is 11.8 Å². The van der Waals surface area contributed by atoms with Gasteiger partial charge in [-0.3, -0.25) is 9.78 Å². The van der Waals surface area contributed by atoms with Crippen LogP contribution in [0.4, 0.5) is 0 Å². The highest BCUT2D eigenvalue weighted by atomic mass is 32.2. The minimum atomic E-state index is -0.173. The van der Waals surface area contributed by atoms with Crippen LogP contribution in [-0.4, -0.2) is 27.8 Å². The third-order valence-electron chi connectivity index (χ3n) is 3.34. The second-order valence-electron chi connectivity index (χ2n) is 5.16. The lowest BCUT2D eigenvalue weighted by atomic mass is 10.1. The minimum absolute atomic E-state index is 0.173. The molecule has 3 rings (SSSR count). The smallest absolute Gasteiger partial charge is 0.250 e. The Balaban J connectivity index is 1.57. The lowest BCUT2D eigenvalue weighted by Crippen LogP contribution is -2.19. The van der Waals surface area contributed by atoms with E-state index in [1.54, 1.807) is 18.6 Å². The molecule has 0 fully saturated rings. The summed E-state index contributed by atoms with van der Waals surface area (Å²) in [5.41, 5.74) is 5.43. The van der Waals surface area contributed by atoms with Crippen LogP contribution in [0.25, 0.3) is 10.9 Å². The average molecular weight is 336 g/mol. The quantitative estimate of drug-likeness (QED) is 0.441. The number of aryl methyl sites for hydroxylation is 1. The Morgan fingerprint density at radius 1 is 1.29 bits per heavy atom. The molecule has 1 aromatic carbocycles. The van der Waals surface area contributed by atoms with E-state index < -0.39 is 0 Å². The van der Waals surface area contributed by atoms with Crippen molar-refractivity contribution in [1.82, 2.24) is 15.4 Å². The fraction of sp³-hybridized carbons (Fsp3) is 0.111. The number of hydrogen-bond donors (Lipinski definition) is 1. The summed E-state index contributed by atoms with van der Waals surface area (Å²) in [5.74, 6) is 0.0857. The van der Waals surface area contributed by atoms with Gasteiger partial charge in [0, 0.05) is 23.3 Å². The predicted octanol–water partition coefficient (Wildman–Crippen LogP) is 3.18. The van der Waals surface area contributed by atoms with E-state index in [0.717, 1.165) is 27.1 Å². The largest absolute Gasteiger partial charge is 0.272 e. The van der Waals surface area contributed by atoms with E-state index in [1.807, 2.05) is 49.4 Å². The molecule has 6 heteroatoms. The monoisotopic (exact) mass is 336 g/mol. The van der Waals surface area contributed by atoms with E-state index in [-0.39, 0.29) is 11.7 Å². The molecule has 0 spiro atoms. The van der Waals surface area contributed by atoms with Crippen LogP contribution in [0.15, 0.2) is 65.0 Å². The molecule has 1 amide bonds. The Morgan fingerprint density at radius 3 is 3.00 bits per heavy atom. The molecule has 0 aliphatic carbocycles. The van der Waals surface area contributed by atoms with Gasteiger partial charge in [-0.1, -0.05) is 36.0 Å². The molecule has 0 aliphatic rings. The third kappa shape index (κ3) is 4.17. The van der Waals surface area contributed by atoms with Gasteiger partial charge in [0.1, 0.15) is 0 Å². The molecule has 0 aliphatic heterocycles. The predicted molar refractivity (Wildman–Crippen MR) is 97.2 cm³/mol. The molecule has 0 saturated heterocycles. The van der Waals surface area contributed by atoms with E-state index in [0.29, 0.717) is 0 Å². The van der Waals surface area contributed by atoms with Gasteiger partial charge < -0.3 is 0 Å². The maximum Gasteiger partial charge on any atom is 0.250 e. The summed E-state index contributed by atoms with van der Waals surface area (Å²) >= 11 is 1.39. The second kappa shape index (κ2) is 7.70. The molecule has 1 N–H and O–H groups in total. The molecular formula is C18H16N4OS. The lowest BCUT2D eigenvalue weighted by molar-refractivity contribution is -0.118. The number of para-hydroxylation sites is 1. The number of aromatic nitrogens is 2. The van der Waals surface area contributed by atoms with Gasteiger partial charge >= 0.3 is 0 Å². The van der Waals surface area contributed by atoms with E-state index in [4.69, 9.17) is 0 Å². The summed E-state index contributed by atoms with van der Waals surface area (Å²) in [6.07, 6.45) is 4.92. The number of hydrazone groups is 1. The fourth-order valence-electron chi connectivity index (χ4n) is 2.20. The normalized spacial score (nSPS) is 11.0. The Bertz CT molecular complexity index is 881. The number of rotatable bonds is 5. The van der Waals surface area contributed by atoms with Crippen LogP contribution in [0.5, 0.6) is 0 Å². The topological polar surface area (TPSA) is 67.2 Å². The first-order chi connectivity index (χ1) is 11.7. The molecule has 0 saturated carbocycles. The number of carbonyl (C=O) groups excluding carboxylic acids is 1. The van der Waals surface area contributed by atoms with Crippen LogP contribution in [0.3, 0.4) is 0 Å². The fourth-order valence-corrected chi connectivity index (χ4v) is 2.96. The average Bonchev–Trinajstić information content (AvgIpc) is 2.61. The SMILES string of the molecule is Cc1cc(SCC(=O)N/N=C/c2cccnc2)nc2ccccc12. The highest BCUT2D eigenvalue weighted by molar-refractivity contribution is 7.99. The van der Waals surface area contributed by atoms with Crippen molar-refractivity contribution in [2.75, 3.05) is 5.75 Å². The van der Waals surface area contributed by atoms with E-state index >= 15 is 0 Å². The second-order valence-corrected chi connectivity index (χ2v) is 6.16. The number of hydrogen-bond acceptors (Lipinski definition) is 5. The summed E-state index contributed by atoms with van der Waals surface area (Å²) in [4.78, 5) is 20.4. The first kappa shape index (κ1) is 16.1. The van der Waals surface area contributed by atoms with Gasteiger partial charge in [-0.2, -0.15) is 5.10 Å². The number of amides is 1. The number of pyridine rings is 2. The van der Waals surface area contributed by atoms with Gasteiger partial charge in [0.25, 0.3) is 0 Å². The van der Waals surface area contributed by atoms with Crippen LogP contribution in [0.2, 0.25) is 0 Å². The third-order valence-corrected chi connectivity index (χ3v) is 4.25. The first-order valence-electron chi connectivity index (χ1n) is 7.43. The van der Waals surface area contributed by atoms with Crippen molar-refractivity contribution in [2.24, 2.45) is 5.10 Å². The summed E-state index contributed by atoms with van der Waals surface area (Å²) in [6.45, 7) is 2.05. The van der Waals surface area contributed by atoms with Gasteiger partial charge in [0.15, 0.2) is 0 Å². The lowest BCUT2D eigenvalue weighted by Gasteiger charge is -2.05. The Kier molecular flexibility index (Phi) is 5.18. The standard InChI is InChI=1S/C18H16N4OS/c1-13-9-18(21-16-7-3-2-6-15(13)16)24-12-17(23)22-20-11-14-5-4-8-19-10-14/h2-11H,12H2,1H3,(H,22,23)/b20-11+. The van der Waals surface area contributed by atoms with Crippen molar-refractivity contribution in [3.63, 3.8) is 0 Å². The molecule has 0 bridgehead atoms. The number of fused-ring (bicyclic) bond motifs is 1. The van der Waals surface area contributed by atoms with Gasteiger partial charge in [-0.25, -0.2) is 10.4 Å². The maximum absolute atomic E-state index is 11.9. The van der Waals surface area contributed by atoms with Crippen molar-refractivity contribution in [1.29, 1.82) is 0 Å². The molecule has 0 radical (unpaired) electrons. The first-order valence-corrected chi connectivity index (χ1v) is 8.42. The summed E-state index contributed by atoms with van der Waals surface area (Å²) in [6, 6.07) is 13.7. The number of nitrogens with zero attached hydrogens (tertiary/aromatic N) is 3. The van der Waals surface area contributed by atoms with E-state index in [2.05, 4.69) is 20.5 Å². The van der Waals surface area contributed by atoms with Crippen molar-refractivity contribution in [3.05, 3.63) is 66.0 Å². The molecular weight excluding hydrogens is 320 g/mol. The van der Waals surface area contributed by atoms with Crippen molar-refractivity contribution in [2.45, 2.75) is 11.9 Å². The van der Waals surface area contributed by atoms with Gasteiger partial charge in [-0.15, -0.1) is 0 Å². The van der Waals surface area contributed by atoms with Crippen molar-refractivity contribution >= 4 is 34.8 Å². The molecule has 0 unspecified atom stereocenters. The van der Waals surface area contributed by atoms with Crippen LogP contribution in [0.1, 0.15) is 11.1 Å². The molecule has 3 aromatic rings. The Hall–Kier alpha value is -2.73. The highest BCUT2D eigenvalue weighted by Gasteiger charge is 2.06. The number of carbonyl (C=O) groups is 1. The zero-order chi connectivity index (χ0) is 16.8. The van der Waals surface area contributed by atoms with Gasteiger partial charge in [-0.05, 0) is 30.7 Å². The number of thioether (sulfide) groups is 1. The van der Waals surface area contributed by atoms with Crippen LogP contribution < -0.4 is 5.43 Å². The van der Waals surface area contributed by atoms with Crippen LogP contribution >= 0.6 is 11.8 Å². The maximum atomic E-state index is 11.9. The van der Waals surface area contributed by atoms with Gasteiger partial charge in [0.2, 0.25) is 5.91 Å². The number of benzene rings is 1. The minimum Gasteiger partial charge on any atom is -0.272 e. The summed E-state index contributed by atoms with van der Waals surface area (Å²) in [5, 5.41) is 5.89. The molecule has 24 heavy (non-hydrogen) atoms. The Labute approximate surface area is 144 Å². The molecule has 5 nitrogen and oxygen atoms in total. The molecule has 0 atom stereocenters. The zero-order valence-electron chi connectivity index (χ0n) is 13.1. The highest BCUT2D eigenvalue weighted by Crippen LogP contribution is 2.23. The van der Waals surface area contributed by atoms with Crippen LogP contribution in [0, 0.1) is 6.92 Å². The van der Waals surface area contributed by atoms with Crippen molar-refractivity contribution < 1.29 is 4.79 Å². The van der Waals surface area contributed by atoms with E-state index in [9.17, 15) is 4.79 Å².